The first kappa shape index (κ1) is 18.4. The van der Waals surface area contributed by atoms with Crippen LogP contribution in [0.5, 0.6) is 11.5 Å². The molecule has 1 aromatic carbocycles. The molecule has 0 unspecified atom stereocenters. The van der Waals surface area contributed by atoms with Gasteiger partial charge in [-0.1, -0.05) is 0 Å². The number of fused-ring (bicyclic) bond motifs is 1. The quantitative estimate of drug-likeness (QED) is 0.809. The number of rotatable bonds is 2. The summed E-state index contributed by atoms with van der Waals surface area (Å²) in [7, 11) is 1.77. The fourth-order valence-electron chi connectivity index (χ4n) is 3.16. The van der Waals surface area contributed by atoms with Gasteiger partial charge in [-0.3, -0.25) is 4.79 Å². The molecule has 0 aliphatic carbocycles. The molecular weight excluding hydrogens is 336 g/mol. The molecule has 26 heavy (non-hydrogen) atoms. The lowest BCUT2D eigenvalue weighted by Gasteiger charge is -2.38. The first-order valence-electron chi connectivity index (χ1n) is 8.89. The molecule has 2 heterocycles. The van der Waals surface area contributed by atoms with Crippen molar-refractivity contribution < 1.29 is 23.8 Å². The molecule has 7 heteroatoms. The number of carbonyl (C=O) groups excluding carboxylic acids is 2. The third kappa shape index (κ3) is 4.03. The standard InChI is InChI=1S/C19H26N2O5/c1-19(2,3)26-18(23)21-9-5-6-14(11-21)20(4)17(22)13-7-8-15-16(10-13)25-12-24-15/h7-8,10,14H,5-6,9,11-12H2,1-4H3/t14-/m0/s1. The molecule has 2 aliphatic heterocycles. The van der Waals surface area contributed by atoms with E-state index in [1.165, 1.54) is 0 Å². The van der Waals surface area contributed by atoms with Gasteiger partial charge in [-0.2, -0.15) is 0 Å². The maximum atomic E-state index is 12.8. The number of piperidine rings is 1. The van der Waals surface area contributed by atoms with Crippen LogP contribution >= 0.6 is 0 Å². The molecule has 3 rings (SSSR count). The average Bonchev–Trinajstić information content (AvgIpc) is 3.06. The summed E-state index contributed by atoms with van der Waals surface area (Å²) in [6.45, 7) is 6.85. The minimum Gasteiger partial charge on any atom is -0.454 e. The summed E-state index contributed by atoms with van der Waals surface area (Å²) >= 11 is 0. The number of likely N-dealkylation sites (tertiary alicyclic amines) is 1. The van der Waals surface area contributed by atoms with Crippen molar-refractivity contribution in [3.63, 3.8) is 0 Å². The van der Waals surface area contributed by atoms with Crippen LogP contribution in [0.1, 0.15) is 44.0 Å². The predicted molar refractivity (Wildman–Crippen MR) is 95.5 cm³/mol. The number of nitrogens with zero attached hydrogens (tertiary/aromatic N) is 2. The van der Waals surface area contributed by atoms with Crippen molar-refractivity contribution in [2.45, 2.75) is 45.3 Å². The highest BCUT2D eigenvalue weighted by Gasteiger charge is 2.31. The van der Waals surface area contributed by atoms with E-state index in [1.54, 1.807) is 35.0 Å². The Balaban J connectivity index is 1.66. The first-order chi connectivity index (χ1) is 12.2. The monoisotopic (exact) mass is 362 g/mol. The number of ether oxygens (including phenoxy) is 3. The van der Waals surface area contributed by atoms with Crippen LogP contribution in [0.4, 0.5) is 4.79 Å². The normalized spacial score (nSPS) is 19.2. The van der Waals surface area contributed by atoms with Gasteiger partial charge in [0.15, 0.2) is 11.5 Å². The van der Waals surface area contributed by atoms with E-state index >= 15 is 0 Å². The van der Waals surface area contributed by atoms with Gasteiger partial charge in [-0.25, -0.2) is 4.79 Å². The van der Waals surface area contributed by atoms with Crippen LogP contribution in [0.3, 0.4) is 0 Å². The lowest BCUT2D eigenvalue weighted by atomic mass is 10.0. The van der Waals surface area contributed by atoms with Crippen molar-refractivity contribution in [1.29, 1.82) is 0 Å². The summed E-state index contributed by atoms with van der Waals surface area (Å²) in [6.07, 6.45) is 1.36. The molecule has 0 bridgehead atoms. The largest absolute Gasteiger partial charge is 0.454 e. The highest BCUT2D eigenvalue weighted by Crippen LogP contribution is 2.33. The molecule has 1 atom stereocenters. The molecule has 1 saturated heterocycles. The molecule has 1 aromatic rings. The maximum Gasteiger partial charge on any atom is 0.410 e. The van der Waals surface area contributed by atoms with E-state index in [2.05, 4.69) is 0 Å². The van der Waals surface area contributed by atoms with E-state index in [4.69, 9.17) is 14.2 Å². The number of hydrogen-bond donors (Lipinski definition) is 0. The van der Waals surface area contributed by atoms with Gasteiger partial charge in [0.1, 0.15) is 5.60 Å². The average molecular weight is 362 g/mol. The Morgan fingerprint density at radius 2 is 1.96 bits per heavy atom. The summed E-state index contributed by atoms with van der Waals surface area (Å²) in [4.78, 5) is 28.5. The SMILES string of the molecule is CN(C(=O)c1ccc2c(c1)OCO2)[C@H]1CCCN(C(=O)OC(C)(C)C)C1. The van der Waals surface area contributed by atoms with Crippen LogP contribution < -0.4 is 9.47 Å². The highest BCUT2D eigenvalue weighted by atomic mass is 16.7. The molecule has 1 fully saturated rings. The van der Waals surface area contributed by atoms with E-state index in [0.717, 1.165) is 12.8 Å². The summed E-state index contributed by atoms with van der Waals surface area (Å²) in [5.41, 5.74) is 0.0178. The second-order valence-electron chi connectivity index (χ2n) is 7.71. The van der Waals surface area contributed by atoms with Crippen LogP contribution in [0.15, 0.2) is 18.2 Å². The molecule has 0 N–H and O–H groups in total. The Hall–Kier alpha value is -2.44. The molecule has 0 radical (unpaired) electrons. The molecule has 0 spiro atoms. The van der Waals surface area contributed by atoms with Gasteiger partial charge in [0.25, 0.3) is 5.91 Å². The molecular formula is C19H26N2O5. The van der Waals surface area contributed by atoms with E-state index in [-0.39, 0.29) is 24.8 Å². The van der Waals surface area contributed by atoms with Gasteiger partial charge in [-0.05, 0) is 51.8 Å². The third-order valence-electron chi connectivity index (χ3n) is 4.54. The van der Waals surface area contributed by atoms with Crippen LogP contribution in [-0.2, 0) is 4.74 Å². The maximum absolute atomic E-state index is 12.8. The van der Waals surface area contributed by atoms with Gasteiger partial charge in [0.05, 0.1) is 0 Å². The van der Waals surface area contributed by atoms with E-state index < -0.39 is 5.60 Å². The van der Waals surface area contributed by atoms with Gasteiger partial charge in [-0.15, -0.1) is 0 Å². The number of benzene rings is 1. The predicted octanol–water partition coefficient (Wildman–Crippen LogP) is 2.89. The Labute approximate surface area is 153 Å². The molecule has 7 nitrogen and oxygen atoms in total. The second-order valence-corrected chi connectivity index (χ2v) is 7.71. The Bertz CT molecular complexity index is 698. The Morgan fingerprint density at radius 1 is 1.23 bits per heavy atom. The topological polar surface area (TPSA) is 68.3 Å². The van der Waals surface area contributed by atoms with E-state index in [0.29, 0.717) is 30.2 Å². The number of carbonyl (C=O) groups is 2. The van der Waals surface area contributed by atoms with Crippen molar-refractivity contribution in [1.82, 2.24) is 9.80 Å². The fourth-order valence-corrected chi connectivity index (χ4v) is 3.16. The van der Waals surface area contributed by atoms with Gasteiger partial charge in [0.2, 0.25) is 6.79 Å². The fraction of sp³-hybridized carbons (Fsp3) is 0.579. The summed E-state index contributed by atoms with van der Waals surface area (Å²) in [6, 6.07) is 5.14. The van der Waals surface area contributed by atoms with Crippen molar-refractivity contribution in [2.75, 3.05) is 26.9 Å². The van der Waals surface area contributed by atoms with Crippen molar-refractivity contribution in [3.8, 4) is 11.5 Å². The summed E-state index contributed by atoms with van der Waals surface area (Å²) < 4.78 is 16.1. The van der Waals surface area contributed by atoms with Crippen molar-refractivity contribution in [2.24, 2.45) is 0 Å². The number of amides is 2. The Morgan fingerprint density at radius 3 is 2.69 bits per heavy atom. The third-order valence-corrected chi connectivity index (χ3v) is 4.54. The lowest BCUT2D eigenvalue weighted by Crippen LogP contribution is -2.51. The zero-order chi connectivity index (χ0) is 18.9. The lowest BCUT2D eigenvalue weighted by molar-refractivity contribution is 0.0123. The molecule has 2 aliphatic rings. The molecule has 0 saturated carbocycles. The van der Waals surface area contributed by atoms with Gasteiger partial charge < -0.3 is 24.0 Å². The van der Waals surface area contributed by atoms with Crippen LogP contribution in [0.25, 0.3) is 0 Å². The first-order valence-corrected chi connectivity index (χ1v) is 8.89. The smallest absolute Gasteiger partial charge is 0.410 e. The second kappa shape index (κ2) is 7.05. The molecule has 2 amide bonds. The molecule has 0 aromatic heterocycles. The minimum absolute atomic E-state index is 0.0470. The van der Waals surface area contributed by atoms with Crippen LogP contribution in [-0.4, -0.2) is 60.4 Å². The zero-order valence-electron chi connectivity index (χ0n) is 15.8. The summed E-state index contributed by atoms with van der Waals surface area (Å²) in [5.74, 6) is 1.14. The summed E-state index contributed by atoms with van der Waals surface area (Å²) in [5, 5.41) is 0. The van der Waals surface area contributed by atoms with Crippen molar-refractivity contribution in [3.05, 3.63) is 23.8 Å². The van der Waals surface area contributed by atoms with E-state index in [9.17, 15) is 9.59 Å². The highest BCUT2D eigenvalue weighted by molar-refractivity contribution is 5.95. The number of likely N-dealkylation sites (N-methyl/N-ethyl adjacent to an activating group) is 1. The van der Waals surface area contributed by atoms with Crippen molar-refractivity contribution >= 4 is 12.0 Å². The zero-order valence-corrected chi connectivity index (χ0v) is 15.8. The van der Waals surface area contributed by atoms with Gasteiger partial charge >= 0.3 is 6.09 Å². The molecule has 142 valence electrons. The number of hydrogen-bond acceptors (Lipinski definition) is 5. The van der Waals surface area contributed by atoms with Gasteiger partial charge in [0, 0.05) is 31.7 Å². The van der Waals surface area contributed by atoms with Crippen LogP contribution in [0.2, 0.25) is 0 Å². The Kier molecular flexibility index (Phi) is 4.98. The van der Waals surface area contributed by atoms with E-state index in [1.807, 2.05) is 20.8 Å². The minimum atomic E-state index is -0.530. The van der Waals surface area contributed by atoms with Crippen LogP contribution in [0, 0.1) is 0 Å².